The third kappa shape index (κ3) is 3.42. The standard InChI is InChI=1S/C22H25N3O2/c1-14(2)15-6-9-17(10-7-15)23-21(26)16-8-11-19-18(13-16)24-22(27)20-5-3-4-12-25(19)20/h6-11,13-14,20H,3-5,12H2,1-2H3,(H,23,26)(H,24,27)/t20-/m0/s1. The maximum absolute atomic E-state index is 12.6. The van der Waals surface area contributed by atoms with Gasteiger partial charge in [-0.1, -0.05) is 26.0 Å². The van der Waals surface area contributed by atoms with Crippen molar-refractivity contribution in [1.29, 1.82) is 0 Å². The van der Waals surface area contributed by atoms with Gasteiger partial charge in [-0.25, -0.2) is 0 Å². The Balaban J connectivity index is 1.54. The number of rotatable bonds is 3. The molecule has 0 unspecified atom stereocenters. The average Bonchev–Trinajstić information content (AvgIpc) is 2.68. The minimum atomic E-state index is -0.176. The van der Waals surface area contributed by atoms with Crippen LogP contribution in [0.1, 0.15) is 54.9 Å². The molecule has 2 amide bonds. The van der Waals surface area contributed by atoms with Crippen molar-refractivity contribution in [2.75, 3.05) is 22.1 Å². The molecule has 2 aromatic rings. The van der Waals surface area contributed by atoms with Crippen molar-refractivity contribution in [3.63, 3.8) is 0 Å². The van der Waals surface area contributed by atoms with Crippen LogP contribution in [0.15, 0.2) is 42.5 Å². The van der Waals surface area contributed by atoms with E-state index in [1.54, 1.807) is 6.07 Å². The van der Waals surface area contributed by atoms with Gasteiger partial charge in [0.2, 0.25) is 5.91 Å². The van der Waals surface area contributed by atoms with E-state index in [4.69, 9.17) is 0 Å². The van der Waals surface area contributed by atoms with Crippen molar-refractivity contribution >= 4 is 28.9 Å². The van der Waals surface area contributed by atoms with Crippen LogP contribution < -0.4 is 15.5 Å². The summed E-state index contributed by atoms with van der Waals surface area (Å²) in [5, 5.41) is 5.91. The molecule has 5 heteroatoms. The smallest absolute Gasteiger partial charge is 0.255 e. The predicted octanol–water partition coefficient (Wildman–Crippen LogP) is 4.37. The lowest BCUT2D eigenvalue weighted by atomic mass is 9.97. The van der Waals surface area contributed by atoms with Gasteiger partial charge in [0.25, 0.3) is 5.91 Å². The van der Waals surface area contributed by atoms with E-state index in [0.717, 1.165) is 42.9 Å². The van der Waals surface area contributed by atoms with E-state index in [1.165, 1.54) is 5.56 Å². The topological polar surface area (TPSA) is 61.4 Å². The molecule has 1 fully saturated rings. The first-order valence-electron chi connectivity index (χ1n) is 9.66. The number of anilines is 3. The predicted molar refractivity (Wildman–Crippen MR) is 109 cm³/mol. The van der Waals surface area contributed by atoms with Crippen LogP contribution in [0.5, 0.6) is 0 Å². The Bertz CT molecular complexity index is 874. The van der Waals surface area contributed by atoms with Crippen molar-refractivity contribution in [2.45, 2.75) is 45.1 Å². The summed E-state index contributed by atoms with van der Waals surface area (Å²) in [6.45, 7) is 5.17. The molecule has 2 N–H and O–H groups in total. The number of benzene rings is 2. The molecule has 2 aliphatic rings. The summed E-state index contributed by atoms with van der Waals surface area (Å²) < 4.78 is 0. The molecule has 0 aromatic heterocycles. The highest BCUT2D eigenvalue weighted by Crippen LogP contribution is 2.36. The lowest BCUT2D eigenvalue weighted by Crippen LogP contribution is -2.50. The third-order valence-electron chi connectivity index (χ3n) is 5.47. The van der Waals surface area contributed by atoms with Gasteiger partial charge in [-0.05, 0) is 61.1 Å². The van der Waals surface area contributed by atoms with Crippen molar-refractivity contribution in [1.82, 2.24) is 0 Å². The number of nitrogens with one attached hydrogen (secondary N) is 2. The summed E-state index contributed by atoms with van der Waals surface area (Å²) in [6, 6.07) is 13.4. The Labute approximate surface area is 159 Å². The molecule has 1 saturated heterocycles. The fourth-order valence-electron chi connectivity index (χ4n) is 3.89. The molecule has 140 valence electrons. The molecule has 2 heterocycles. The Morgan fingerprint density at radius 2 is 1.93 bits per heavy atom. The lowest BCUT2D eigenvalue weighted by Gasteiger charge is -2.41. The molecular formula is C22H25N3O2. The van der Waals surface area contributed by atoms with Gasteiger partial charge in [0.1, 0.15) is 6.04 Å². The minimum absolute atomic E-state index is 0.0315. The summed E-state index contributed by atoms with van der Waals surface area (Å²) in [5.41, 5.74) is 4.28. The molecule has 27 heavy (non-hydrogen) atoms. The van der Waals surface area contributed by atoms with E-state index in [9.17, 15) is 9.59 Å². The molecule has 2 aliphatic heterocycles. The Morgan fingerprint density at radius 1 is 1.15 bits per heavy atom. The number of nitrogens with zero attached hydrogens (tertiary/aromatic N) is 1. The number of hydrogen-bond acceptors (Lipinski definition) is 3. The molecule has 0 radical (unpaired) electrons. The highest BCUT2D eigenvalue weighted by Gasteiger charge is 2.34. The zero-order valence-corrected chi connectivity index (χ0v) is 15.8. The maximum atomic E-state index is 12.6. The molecule has 0 spiro atoms. The summed E-state index contributed by atoms with van der Waals surface area (Å²) in [4.78, 5) is 27.2. The van der Waals surface area contributed by atoms with Gasteiger partial charge in [0, 0.05) is 17.8 Å². The maximum Gasteiger partial charge on any atom is 0.255 e. The molecule has 0 aliphatic carbocycles. The van der Waals surface area contributed by atoms with Crippen LogP contribution in [-0.4, -0.2) is 24.4 Å². The zero-order valence-electron chi connectivity index (χ0n) is 15.8. The van der Waals surface area contributed by atoms with E-state index in [1.807, 2.05) is 36.4 Å². The monoisotopic (exact) mass is 363 g/mol. The number of carbonyl (C=O) groups excluding carboxylic acids is 2. The van der Waals surface area contributed by atoms with Gasteiger partial charge in [0.15, 0.2) is 0 Å². The highest BCUT2D eigenvalue weighted by atomic mass is 16.2. The Morgan fingerprint density at radius 3 is 2.67 bits per heavy atom. The minimum Gasteiger partial charge on any atom is -0.358 e. The number of carbonyl (C=O) groups is 2. The number of fused-ring (bicyclic) bond motifs is 3. The van der Waals surface area contributed by atoms with Gasteiger partial charge in [-0.15, -0.1) is 0 Å². The largest absolute Gasteiger partial charge is 0.358 e. The molecule has 1 atom stereocenters. The van der Waals surface area contributed by atoms with Crippen molar-refractivity contribution in [2.24, 2.45) is 0 Å². The fourth-order valence-corrected chi connectivity index (χ4v) is 3.89. The molecule has 4 rings (SSSR count). The van der Waals surface area contributed by atoms with Gasteiger partial charge >= 0.3 is 0 Å². The average molecular weight is 363 g/mol. The third-order valence-corrected chi connectivity index (χ3v) is 5.47. The second-order valence-electron chi connectivity index (χ2n) is 7.66. The molecule has 0 saturated carbocycles. The van der Waals surface area contributed by atoms with E-state index < -0.39 is 0 Å². The quantitative estimate of drug-likeness (QED) is 0.851. The summed E-state index contributed by atoms with van der Waals surface area (Å²) in [6.07, 6.45) is 3.07. The van der Waals surface area contributed by atoms with Gasteiger partial charge < -0.3 is 15.5 Å². The van der Waals surface area contributed by atoms with Crippen LogP contribution in [0.4, 0.5) is 17.1 Å². The van der Waals surface area contributed by atoms with E-state index >= 15 is 0 Å². The van der Waals surface area contributed by atoms with Crippen molar-refractivity contribution < 1.29 is 9.59 Å². The van der Waals surface area contributed by atoms with Crippen LogP contribution in [-0.2, 0) is 4.79 Å². The SMILES string of the molecule is CC(C)c1ccc(NC(=O)c2ccc3c(c2)NC(=O)[C@@H]2CCCCN32)cc1. The van der Waals surface area contributed by atoms with Crippen LogP contribution in [0.25, 0.3) is 0 Å². The van der Waals surface area contributed by atoms with E-state index in [-0.39, 0.29) is 17.9 Å². The van der Waals surface area contributed by atoms with Gasteiger partial charge in [0.05, 0.1) is 11.4 Å². The van der Waals surface area contributed by atoms with E-state index in [2.05, 4.69) is 29.4 Å². The first-order valence-corrected chi connectivity index (χ1v) is 9.66. The summed E-state index contributed by atoms with van der Waals surface area (Å²) >= 11 is 0. The fraction of sp³-hybridized carbons (Fsp3) is 0.364. The Kier molecular flexibility index (Phi) is 4.60. The Hall–Kier alpha value is -2.82. The molecular weight excluding hydrogens is 338 g/mol. The summed E-state index contributed by atoms with van der Waals surface area (Å²) in [7, 11) is 0. The molecule has 2 aromatic carbocycles. The van der Waals surface area contributed by atoms with Crippen LogP contribution in [0.3, 0.4) is 0 Å². The van der Waals surface area contributed by atoms with Gasteiger partial charge in [-0.3, -0.25) is 9.59 Å². The first-order chi connectivity index (χ1) is 13.0. The number of piperidine rings is 1. The van der Waals surface area contributed by atoms with E-state index in [0.29, 0.717) is 11.5 Å². The number of hydrogen-bond donors (Lipinski definition) is 2. The second-order valence-corrected chi connectivity index (χ2v) is 7.66. The summed E-state index contributed by atoms with van der Waals surface area (Å²) in [5.74, 6) is 0.312. The van der Waals surface area contributed by atoms with Crippen LogP contribution >= 0.6 is 0 Å². The van der Waals surface area contributed by atoms with Crippen molar-refractivity contribution in [3.8, 4) is 0 Å². The zero-order chi connectivity index (χ0) is 19.0. The van der Waals surface area contributed by atoms with Crippen LogP contribution in [0, 0.1) is 0 Å². The number of amides is 2. The highest BCUT2D eigenvalue weighted by molar-refractivity contribution is 6.08. The molecule has 0 bridgehead atoms. The first kappa shape index (κ1) is 17.6. The normalized spacial score (nSPS) is 18.6. The van der Waals surface area contributed by atoms with Gasteiger partial charge in [-0.2, -0.15) is 0 Å². The molecule has 5 nitrogen and oxygen atoms in total. The second kappa shape index (κ2) is 7.06. The lowest BCUT2D eigenvalue weighted by molar-refractivity contribution is -0.118. The van der Waals surface area contributed by atoms with Crippen molar-refractivity contribution in [3.05, 3.63) is 53.6 Å². The van der Waals surface area contributed by atoms with Crippen LogP contribution in [0.2, 0.25) is 0 Å².